The third-order valence-corrected chi connectivity index (χ3v) is 15.3. The number of methoxy groups -OCH3 is 1. The van der Waals surface area contributed by atoms with Gasteiger partial charge in [0, 0.05) is 30.4 Å². The minimum Gasteiger partial charge on any atom is -0.494 e. The molecule has 2 heterocycles. The van der Waals surface area contributed by atoms with E-state index in [2.05, 4.69) is 84.9 Å². The molecule has 2 aliphatic carbocycles. The Labute approximate surface area is 418 Å². The van der Waals surface area contributed by atoms with Crippen LogP contribution in [0.1, 0.15) is 114 Å². The molecule has 1 unspecified atom stereocenters. The number of aromatic nitrogens is 2. The van der Waals surface area contributed by atoms with Gasteiger partial charge in [0.25, 0.3) is 0 Å². The second-order valence-electron chi connectivity index (χ2n) is 20.9. The van der Waals surface area contributed by atoms with Crippen molar-refractivity contribution < 1.29 is 38.3 Å². The zero-order valence-corrected chi connectivity index (χ0v) is 41.9. The van der Waals surface area contributed by atoms with Gasteiger partial charge in [-0.15, -0.1) is 0 Å². The van der Waals surface area contributed by atoms with Crippen molar-refractivity contribution in [3.63, 3.8) is 0 Å². The molecule has 7 aromatic rings. The first-order valence-corrected chi connectivity index (χ1v) is 26.4. The molecule has 10 rings (SSSR count). The summed E-state index contributed by atoms with van der Waals surface area (Å²) in [6.45, 7) is 6.91. The Bertz CT molecular complexity index is 2900. The van der Waals surface area contributed by atoms with E-state index in [4.69, 9.17) is 43.4 Å². The summed E-state index contributed by atoms with van der Waals surface area (Å²) >= 11 is 0. The summed E-state index contributed by atoms with van der Waals surface area (Å²) in [6.07, 6.45) is 16.6. The molecule has 1 saturated heterocycles. The van der Waals surface area contributed by atoms with Crippen molar-refractivity contribution in [2.75, 3.05) is 40.1 Å². The molecular formula is C61H70N2O8. The molecule has 1 atom stereocenters. The fraction of sp³-hybridized carbons (Fsp3) is 0.459. The molecule has 3 aliphatic rings. The summed E-state index contributed by atoms with van der Waals surface area (Å²) in [5.74, 6) is 4.38. The summed E-state index contributed by atoms with van der Waals surface area (Å²) in [4.78, 5) is 33.4. The van der Waals surface area contributed by atoms with Gasteiger partial charge in [0.1, 0.15) is 30.0 Å². The molecule has 372 valence electrons. The molecule has 71 heavy (non-hydrogen) atoms. The number of benzene rings is 6. The van der Waals surface area contributed by atoms with E-state index in [0.717, 1.165) is 125 Å². The maximum atomic E-state index is 11.4. The van der Waals surface area contributed by atoms with Crippen LogP contribution in [-0.2, 0) is 30.3 Å². The van der Waals surface area contributed by atoms with E-state index in [-0.39, 0.29) is 24.4 Å². The van der Waals surface area contributed by atoms with Crippen LogP contribution in [0.4, 0.5) is 0 Å². The second kappa shape index (κ2) is 22.8. The summed E-state index contributed by atoms with van der Waals surface area (Å²) in [7, 11) is 1.77. The molecule has 2 saturated carbocycles. The van der Waals surface area contributed by atoms with Crippen molar-refractivity contribution >= 4 is 49.9 Å². The van der Waals surface area contributed by atoms with E-state index in [9.17, 15) is 4.79 Å². The molecule has 3 fully saturated rings. The van der Waals surface area contributed by atoms with Crippen molar-refractivity contribution in [3.05, 3.63) is 114 Å². The van der Waals surface area contributed by atoms with Crippen LogP contribution in [0.3, 0.4) is 0 Å². The molecule has 0 amide bonds. The number of hydrogen-bond acceptors (Lipinski definition) is 10. The van der Waals surface area contributed by atoms with E-state index in [0.29, 0.717) is 36.7 Å². The van der Waals surface area contributed by atoms with E-state index < -0.39 is 0 Å². The Morgan fingerprint density at radius 3 is 2.08 bits per heavy atom. The molecule has 1 aliphatic heterocycles. The minimum atomic E-state index is -0.233. The maximum absolute atomic E-state index is 11.4. The average molecular weight is 959 g/mol. The van der Waals surface area contributed by atoms with Crippen LogP contribution in [0.15, 0.2) is 103 Å². The van der Waals surface area contributed by atoms with Crippen molar-refractivity contribution in [2.45, 2.75) is 122 Å². The monoisotopic (exact) mass is 959 g/mol. The number of carbonyl (C=O) groups is 1. The fourth-order valence-electron chi connectivity index (χ4n) is 10.9. The lowest BCUT2D eigenvalue weighted by Crippen LogP contribution is -2.20. The van der Waals surface area contributed by atoms with Crippen molar-refractivity contribution in [1.82, 2.24) is 9.97 Å². The van der Waals surface area contributed by atoms with E-state index in [1.165, 1.54) is 61.5 Å². The predicted molar refractivity (Wildman–Crippen MR) is 281 cm³/mol. The molecular weight excluding hydrogens is 889 g/mol. The van der Waals surface area contributed by atoms with Gasteiger partial charge in [-0.2, -0.15) is 4.89 Å². The lowest BCUT2D eigenvalue weighted by molar-refractivity contribution is -0.217. The Kier molecular flexibility index (Phi) is 15.7. The third kappa shape index (κ3) is 12.2. The average Bonchev–Trinajstić information content (AvgIpc) is 4.03. The van der Waals surface area contributed by atoms with Gasteiger partial charge in [-0.05, 0) is 209 Å². The highest BCUT2D eigenvalue weighted by Crippen LogP contribution is 2.41. The van der Waals surface area contributed by atoms with Crippen LogP contribution in [-0.4, -0.2) is 68.3 Å². The summed E-state index contributed by atoms with van der Waals surface area (Å²) in [6, 6.07) is 36.5. The van der Waals surface area contributed by atoms with E-state index >= 15 is 0 Å². The number of aryl methyl sites for hydroxylation is 1. The Morgan fingerprint density at radius 1 is 0.620 bits per heavy atom. The molecule has 0 radical (unpaired) electrons. The molecule has 6 aromatic carbocycles. The van der Waals surface area contributed by atoms with Gasteiger partial charge in [-0.3, -0.25) is 0 Å². The number of carbonyl (C=O) groups excluding carboxylic acids is 1. The van der Waals surface area contributed by atoms with Gasteiger partial charge in [0.2, 0.25) is 0 Å². The summed E-state index contributed by atoms with van der Waals surface area (Å²) < 4.78 is 28.9. The molecule has 0 spiro atoms. The number of rotatable bonds is 23. The summed E-state index contributed by atoms with van der Waals surface area (Å²) in [5.41, 5.74) is 7.96. The van der Waals surface area contributed by atoms with Crippen LogP contribution in [0.5, 0.6) is 17.2 Å². The van der Waals surface area contributed by atoms with Crippen LogP contribution in [0, 0.1) is 17.8 Å². The number of nitrogens with zero attached hydrogens (tertiary/aromatic N) is 2. The van der Waals surface area contributed by atoms with Crippen molar-refractivity contribution in [1.29, 1.82) is 0 Å². The SMILES string of the molecule is COCCCCCCOc1ccc(C2CCC(CCc3ccc4c5ccc(OCC6CCC(C=O)CC6)cc5c5nc6ccc(-c7cccc(OOCCOC8OC8(C)C)c7)cc6nc5c4c3)CC2)cc1. The van der Waals surface area contributed by atoms with Crippen LogP contribution < -0.4 is 14.4 Å². The molecule has 10 heteroatoms. The number of ether oxygens (including phenoxy) is 5. The van der Waals surface area contributed by atoms with Gasteiger partial charge >= 0.3 is 0 Å². The minimum absolute atomic E-state index is 0.189. The Morgan fingerprint density at radius 2 is 1.32 bits per heavy atom. The van der Waals surface area contributed by atoms with Crippen LogP contribution in [0.2, 0.25) is 0 Å². The lowest BCUT2D eigenvalue weighted by Gasteiger charge is -2.29. The molecule has 0 N–H and O–H groups in total. The van der Waals surface area contributed by atoms with Crippen LogP contribution in [0.25, 0.3) is 54.7 Å². The molecule has 0 bridgehead atoms. The summed E-state index contributed by atoms with van der Waals surface area (Å²) in [5, 5.41) is 4.47. The molecule has 1 aromatic heterocycles. The van der Waals surface area contributed by atoms with Gasteiger partial charge in [-0.1, -0.05) is 48.9 Å². The number of unbranched alkanes of at least 4 members (excludes halogenated alkanes) is 3. The Balaban J connectivity index is 0.850. The van der Waals surface area contributed by atoms with Crippen LogP contribution >= 0.6 is 0 Å². The number of fused-ring (bicyclic) bond motifs is 7. The second-order valence-corrected chi connectivity index (χ2v) is 20.9. The van der Waals surface area contributed by atoms with E-state index in [1.54, 1.807) is 7.11 Å². The highest BCUT2D eigenvalue weighted by atomic mass is 17.2. The van der Waals surface area contributed by atoms with Crippen molar-refractivity contribution in [3.8, 4) is 28.4 Å². The van der Waals surface area contributed by atoms with Gasteiger partial charge in [0.05, 0.1) is 41.9 Å². The number of hydrogen-bond donors (Lipinski definition) is 0. The zero-order valence-electron chi connectivity index (χ0n) is 41.9. The first kappa shape index (κ1) is 49.0. The fourth-order valence-corrected chi connectivity index (χ4v) is 10.9. The first-order valence-electron chi connectivity index (χ1n) is 26.4. The highest BCUT2D eigenvalue weighted by molar-refractivity contribution is 6.24. The normalized spacial score (nSPS) is 20.9. The predicted octanol–water partition coefficient (Wildman–Crippen LogP) is 14.1. The number of aldehydes is 1. The van der Waals surface area contributed by atoms with E-state index in [1.807, 2.05) is 32.0 Å². The smallest absolute Gasteiger partial charge is 0.187 e. The topological polar surface area (TPSA) is 111 Å². The Hall–Kier alpha value is -5.65. The lowest BCUT2D eigenvalue weighted by atomic mass is 9.77. The largest absolute Gasteiger partial charge is 0.494 e. The highest BCUT2D eigenvalue weighted by Gasteiger charge is 2.49. The molecule has 10 nitrogen and oxygen atoms in total. The van der Waals surface area contributed by atoms with Crippen molar-refractivity contribution in [2.24, 2.45) is 17.8 Å². The zero-order chi connectivity index (χ0) is 48.6. The van der Waals surface area contributed by atoms with Gasteiger partial charge < -0.3 is 33.4 Å². The third-order valence-electron chi connectivity index (χ3n) is 15.3. The van der Waals surface area contributed by atoms with Gasteiger partial charge in [0.15, 0.2) is 12.0 Å². The maximum Gasteiger partial charge on any atom is 0.187 e. The first-order chi connectivity index (χ1) is 34.8. The van der Waals surface area contributed by atoms with Gasteiger partial charge in [-0.25, -0.2) is 9.97 Å². The quantitative estimate of drug-likeness (QED) is 0.0117. The standard InChI is InChI=1S/C61H70N2O8/c1-61(2)60(70-61)67-33-34-69-71-51-10-8-9-47(36-51)48-24-30-56-57(37-48)63-58-54-35-42(12-11-41-17-20-45(21-18-41)46-22-25-49(26-23-46)66-32-7-5-4-6-31-65-3)19-28-52(54)53-29-27-50(38-55(53)59(58)62-56)68-40-44-15-13-43(39-64)14-16-44/h8-10,19,22-30,35-39,41,43-45,60H,4-7,11-18,20-21,31-34,40H2,1-3H3. The number of epoxide rings is 1.